The van der Waals surface area contributed by atoms with E-state index in [9.17, 15) is 9.18 Å². The summed E-state index contributed by atoms with van der Waals surface area (Å²) in [6, 6.07) is 8.76. The second kappa shape index (κ2) is 6.04. The molecule has 1 heterocycles. The lowest BCUT2D eigenvalue weighted by molar-refractivity contribution is 0.0997. The predicted octanol–water partition coefficient (Wildman–Crippen LogP) is 2.86. The van der Waals surface area contributed by atoms with E-state index in [2.05, 4.69) is 4.98 Å². The maximum Gasteiger partial charge on any atom is 0.252 e. The van der Waals surface area contributed by atoms with Crippen molar-refractivity contribution in [1.82, 2.24) is 4.98 Å². The van der Waals surface area contributed by atoms with Gasteiger partial charge in [-0.2, -0.15) is 0 Å². The molecule has 1 aromatic heterocycles. The molecule has 1 amide bonds. The molecular formula is C17H14FN3O3. The zero-order chi connectivity index (χ0) is 17.3. The van der Waals surface area contributed by atoms with E-state index in [0.717, 1.165) is 6.07 Å². The number of benzene rings is 2. The van der Waals surface area contributed by atoms with Crippen molar-refractivity contribution in [2.75, 3.05) is 12.8 Å². The first-order valence-electron chi connectivity index (χ1n) is 6.99. The molecule has 0 aliphatic carbocycles. The maximum absolute atomic E-state index is 13.9. The number of hydrogen-bond acceptors (Lipinski definition) is 5. The van der Waals surface area contributed by atoms with Crippen LogP contribution in [0.4, 0.5) is 10.1 Å². The van der Waals surface area contributed by atoms with Crippen LogP contribution < -0.4 is 20.9 Å². The molecule has 3 aromatic rings. The Morgan fingerprint density at radius 3 is 2.58 bits per heavy atom. The highest BCUT2D eigenvalue weighted by molar-refractivity contribution is 6.01. The summed E-state index contributed by atoms with van der Waals surface area (Å²) in [7, 11) is 1.43. The SMILES string of the molecule is COc1cc2nccc(Oc3ccc(N)cc3F)c2cc1C(N)=O. The second-order valence-electron chi connectivity index (χ2n) is 5.03. The highest BCUT2D eigenvalue weighted by Crippen LogP contribution is 2.34. The molecule has 0 radical (unpaired) electrons. The van der Waals surface area contributed by atoms with Crippen molar-refractivity contribution in [2.45, 2.75) is 0 Å². The number of nitrogens with two attached hydrogens (primary N) is 2. The summed E-state index contributed by atoms with van der Waals surface area (Å²) in [4.78, 5) is 15.8. The highest BCUT2D eigenvalue weighted by atomic mass is 19.1. The minimum Gasteiger partial charge on any atom is -0.496 e. The zero-order valence-electron chi connectivity index (χ0n) is 12.7. The van der Waals surface area contributed by atoms with Crippen LogP contribution in [0.1, 0.15) is 10.4 Å². The number of aromatic nitrogens is 1. The Hall–Kier alpha value is -3.35. The lowest BCUT2D eigenvalue weighted by Gasteiger charge is -2.12. The zero-order valence-corrected chi connectivity index (χ0v) is 12.7. The number of halogens is 1. The standard InChI is InChI=1S/C17H14FN3O3/c1-23-16-8-13-10(7-11(16)17(20)22)14(4-5-21-13)24-15-3-2-9(19)6-12(15)18/h2-8H,19H2,1H3,(H2,20,22). The number of primary amides is 1. The van der Waals surface area contributed by atoms with E-state index in [1.165, 1.54) is 31.5 Å². The van der Waals surface area contributed by atoms with Gasteiger partial charge in [0.1, 0.15) is 11.5 Å². The van der Waals surface area contributed by atoms with Gasteiger partial charge in [-0.15, -0.1) is 0 Å². The summed E-state index contributed by atoms with van der Waals surface area (Å²) in [6.07, 6.45) is 1.51. The topological polar surface area (TPSA) is 100 Å². The Labute approximate surface area is 136 Å². The van der Waals surface area contributed by atoms with Gasteiger partial charge in [0, 0.05) is 29.4 Å². The molecule has 0 bridgehead atoms. The highest BCUT2D eigenvalue weighted by Gasteiger charge is 2.15. The molecule has 0 aliphatic heterocycles. The summed E-state index contributed by atoms with van der Waals surface area (Å²) in [5, 5.41) is 0.503. The first-order chi connectivity index (χ1) is 11.5. The minimum absolute atomic E-state index is 0.00754. The summed E-state index contributed by atoms with van der Waals surface area (Å²) in [5.74, 6) is -0.605. The lowest BCUT2D eigenvalue weighted by Crippen LogP contribution is -2.12. The summed E-state index contributed by atoms with van der Waals surface area (Å²) in [6.45, 7) is 0. The maximum atomic E-state index is 13.9. The Kier molecular flexibility index (Phi) is 3.91. The van der Waals surface area contributed by atoms with Gasteiger partial charge in [-0.1, -0.05) is 0 Å². The molecule has 0 atom stereocenters. The second-order valence-corrected chi connectivity index (χ2v) is 5.03. The van der Waals surface area contributed by atoms with Gasteiger partial charge in [-0.05, 0) is 24.3 Å². The van der Waals surface area contributed by atoms with Crippen LogP contribution in [0.5, 0.6) is 17.2 Å². The van der Waals surface area contributed by atoms with Crippen LogP contribution in [0.2, 0.25) is 0 Å². The number of amides is 1. The lowest BCUT2D eigenvalue weighted by atomic mass is 10.1. The summed E-state index contributed by atoms with van der Waals surface area (Å²) >= 11 is 0. The van der Waals surface area contributed by atoms with Crippen molar-refractivity contribution in [3.05, 3.63) is 54.0 Å². The number of hydrogen-bond donors (Lipinski definition) is 2. The number of fused-ring (bicyclic) bond motifs is 1. The smallest absolute Gasteiger partial charge is 0.252 e. The van der Waals surface area contributed by atoms with Crippen molar-refractivity contribution in [3.8, 4) is 17.2 Å². The molecule has 0 fully saturated rings. The van der Waals surface area contributed by atoms with Crippen LogP contribution in [0.3, 0.4) is 0 Å². The first-order valence-corrected chi connectivity index (χ1v) is 6.99. The molecule has 24 heavy (non-hydrogen) atoms. The third kappa shape index (κ3) is 2.79. The number of nitrogen functional groups attached to an aromatic ring is 1. The fourth-order valence-electron chi connectivity index (χ4n) is 2.32. The van der Waals surface area contributed by atoms with E-state index in [-0.39, 0.29) is 11.3 Å². The Balaban J connectivity index is 2.14. The van der Waals surface area contributed by atoms with E-state index in [1.54, 1.807) is 12.1 Å². The van der Waals surface area contributed by atoms with Crippen LogP contribution in [0.15, 0.2) is 42.6 Å². The van der Waals surface area contributed by atoms with Gasteiger partial charge in [-0.25, -0.2) is 4.39 Å². The minimum atomic E-state index is -0.651. The average Bonchev–Trinajstić information content (AvgIpc) is 2.56. The Bertz CT molecular complexity index is 944. The first kappa shape index (κ1) is 15.5. The fraction of sp³-hybridized carbons (Fsp3) is 0.0588. The predicted molar refractivity (Wildman–Crippen MR) is 87.7 cm³/mol. The van der Waals surface area contributed by atoms with Crippen molar-refractivity contribution >= 4 is 22.5 Å². The van der Waals surface area contributed by atoms with Gasteiger partial charge in [0.15, 0.2) is 11.6 Å². The molecule has 0 spiro atoms. The van der Waals surface area contributed by atoms with Gasteiger partial charge in [-0.3, -0.25) is 9.78 Å². The summed E-state index contributed by atoms with van der Waals surface area (Å²) in [5.41, 5.74) is 11.9. The number of anilines is 1. The van der Waals surface area contributed by atoms with E-state index in [0.29, 0.717) is 28.1 Å². The molecule has 0 saturated carbocycles. The third-order valence-electron chi connectivity index (χ3n) is 3.46. The third-order valence-corrected chi connectivity index (χ3v) is 3.46. The molecule has 7 heteroatoms. The summed E-state index contributed by atoms with van der Waals surface area (Å²) < 4.78 is 24.7. The molecule has 0 saturated heterocycles. The Morgan fingerprint density at radius 2 is 1.92 bits per heavy atom. The van der Waals surface area contributed by atoms with Crippen molar-refractivity contribution in [3.63, 3.8) is 0 Å². The molecule has 0 aliphatic rings. The largest absolute Gasteiger partial charge is 0.496 e. The van der Waals surface area contributed by atoms with E-state index in [4.69, 9.17) is 20.9 Å². The molecule has 2 aromatic carbocycles. The van der Waals surface area contributed by atoms with Gasteiger partial charge in [0.25, 0.3) is 5.91 Å². The van der Waals surface area contributed by atoms with Gasteiger partial charge < -0.3 is 20.9 Å². The van der Waals surface area contributed by atoms with Crippen LogP contribution in [-0.4, -0.2) is 18.0 Å². The number of pyridine rings is 1. The molecule has 0 unspecified atom stereocenters. The number of methoxy groups -OCH3 is 1. The number of carbonyl (C=O) groups is 1. The van der Waals surface area contributed by atoms with Gasteiger partial charge in [0.05, 0.1) is 18.2 Å². The van der Waals surface area contributed by atoms with Crippen LogP contribution in [-0.2, 0) is 0 Å². The molecule has 6 nitrogen and oxygen atoms in total. The normalized spacial score (nSPS) is 10.6. The van der Waals surface area contributed by atoms with Gasteiger partial charge in [0.2, 0.25) is 0 Å². The number of nitrogens with zero attached hydrogens (tertiary/aromatic N) is 1. The number of ether oxygens (including phenoxy) is 2. The number of rotatable bonds is 4. The molecule has 3 rings (SSSR count). The molecular weight excluding hydrogens is 313 g/mol. The van der Waals surface area contributed by atoms with E-state index in [1.807, 2.05) is 0 Å². The Morgan fingerprint density at radius 1 is 1.12 bits per heavy atom. The van der Waals surface area contributed by atoms with Crippen LogP contribution >= 0.6 is 0 Å². The fourth-order valence-corrected chi connectivity index (χ4v) is 2.32. The monoisotopic (exact) mass is 327 g/mol. The van der Waals surface area contributed by atoms with Crippen LogP contribution in [0, 0.1) is 5.82 Å². The van der Waals surface area contributed by atoms with E-state index >= 15 is 0 Å². The number of carbonyl (C=O) groups excluding carboxylic acids is 1. The van der Waals surface area contributed by atoms with Crippen molar-refractivity contribution in [1.29, 1.82) is 0 Å². The van der Waals surface area contributed by atoms with Crippen LogP contribution in [0.25, 0.3) is 10.9 Å². The average molecular weight is 327 g/mol. The molecule has 122 valence electrons. The van der Waals surface area contributed by atoms with E-state index < -0.39 is 11.7 Å². The van der Waals surface area contributed by atoms with Crippen molar-refractivity contribution < 1.29 is 18.7 Å². The molecule has 4 N–H and O–H groups in total. The van der Waals surface area contributed by atoms with Gasteiger partial charge >= 0.3 is 0 Å². The van der Waals surface area contributed by atoms with Crippen molar-refractivity contribution in [2.24, 2.45) is 5.73 Å². The quantitative estimate of drug-likeness (QED) is 0.718.